The van der Waals surface area contributed by atoms with Gasteiger partial charge in [0.15, 0.2) is 11.5 Å². The van der Waals surface area contributed by atoms with E-state index >= 15 is 0 Å². The van der Waals surface area contributed by atoms with Gasteiger partial charge in [0.25, 0.3) is 0 Å². The molecule has 0 spiro atoms. The smallest absolute Gasteiger partial charge is 0.164 e. The Labute approximate surface area is 151 Å². The Balaban J connectivity index is 2.06. The molecule has 1 aromatic rings. The quantitative estimate of drug-likeness (QED) is 0.555. The number of benzene rings is 1. The van der Waals surface area contributed by atoms with E-state index in [0.717, 1.165) is 6.42 Å². The number of hydrogen-bond acceptors (Lipinski definition) is 3. The highest BCUT2D eigenvalue weighted by molar-refractivity contribution is 5.54. The summed E-state index contributed by atoms with van der Waals surface area (Å²) in [6.45, 7) is 9.49. The molecule has 3 rings (SSSR count). The summed E-state index contributed by atoms with van der Waals surface area (Å²) in [5.74, 6) is 1.20. The SMILES string of the molecule is COc1ccc(O)c(O)c1CC1=C(C)CCC2C(C)(C)CCCC12C. The van der Waals surface area contributed by atoms with Gasteiger partial charge in [0.05, 0.1) is 7.11 Å². The van der Waals surface area contributed by atoms with Gasteiger partial charge in [-0.3, -0.25) is 0 Å². The van der Waals surface area contributed by atoms with E-state index in [-0.39, 0.29) is 16.9 Å². The lowest BCUT2D eigenvalue weighted by atomic mass is 9.50. The summed E-state index contributed by atoms with van der Waals surface area (Å²) >= 11 is 0. The minimum absolute atomic E-state index is 0.0413. The number of hydrogen-bond donors (Lipinski definition) is 2. The number of aromatic hydroxyl groups is 2. The van der Waals surface area contributed by atoms with Gasteiger partial charge in [-0.05, 0) is 61.5 Å². The van der Waals surface area contributed by atoms with Crippen LogP contribution >= 0.6 is 0 Å². The van der Waals surface area contributed by atoms with Crippen molar-refractivity contribution in [1.29, 1.82) is 0 Å². The summed E-state index contributed by atoms with van der Waals surface area (Å²) < 4.78 is 5.47. The number of phenols is 2. The fourth-order valence-electron chi connectivity index (χ4n) is 5.69. The van der Waals surface area contributed by atoms with E-state index < -0.39 is 0 Å². The van der Waals surface area contributed by atoms with E-state index in [2.05, 4.69) is 27.7 Å². The molecular formula is C22H32O3. The fourth-order valence-corrected chi connectivity index (χ4v) is 5.69. The third-order valence-electron chi connectivity index (χ3n) is 7.03. The van der Waals surface area contributed by atoms with Gasteiger partial charge in [-0.15, -0.1) is 0 Å². The molecule has 25 heavy (non-hydrogen) atoms. The summed E-state index contributed by atoms with van der Waals surface area (Å²) in [6, 6.07) is 3.24. The molecule has 2 N–H and O–H groups in total. The van der Waals surface area contributed by atoms with Crippen LogP contribution in [0.2, 0.25) is 0 Å². The van der Waals surface area contributed by atoms with Gasteiger partial charge in [0.1, 0.15) is 5.75 Å². The summed E-state index contributed by atoms with van der Waals surface area (Å²) in [5.41, 5.74) is 4.11. The minimum Gasteiger partial charge on any atom is -0.504 e. The number of ether oxygens (including phenoxy) is 1. The lowest BCUT2D eigenvalue weighted by molar-refractivity contribution is 0.0111. The first kappa shape index (κ1) is 18.2. The molecule has 0 saturated heterocycles. The number of phenolic OH excluding ortho intramolecular Hbond substituents is 2. The van der Waals surface area contributed by atoms with Crippen molar-refractivity contribution in [3.63, 3.8) is 0 Å². The maximum Gasteiger partial charge on any atom is 0.164 e. The van der Waals surface area contributed by atoms with E-state index in [0.29, 0.717) is 29.1 Å². The van der Waals surface area contributed by atoms with Gasteiger partial charge >= 0.3 is 0 Å². The van der Waals surface area contributed by atoms with Gasteiger partial charge in [-0.25, -0.2) is 0 Å². The summed E-state index contributed by atoms with van der Waals surface area (Å²) in [4.78, 5) is 0. The van der Waals surface area contributed by atoms with Crippen LogP contribution in [0.15, 0.2) is 23.3 Å². The van der Waals surface area contributed by atoms with Crippen molar-refractivity contribution in [3.05, 3.63) is 28.8 Å². The first-order chi connectivity index (χ1) is 11.7. The first-order valence-corrected chi connectivity index (χ1v) is 9.47. The third-order valence-corrected chi connectivity index (χ3v) is 7.03. The van der Waals surface area contributed by atoms with Crippen LogP contribution in [0, 0.1) is 16.7 Å². The average molecular weight is 344 g/mol. The van der Waals surface area contributed by atoms with Crippen molar-refractivity contribution < 1.29 is 14.9 Å². The lowest BCUT2D eigenvalue weighted by Crippen LogP contribution is -2.45. The molecule has 0 heterocycles. The summed E-state index contributed by atoms with van der Waals surface area (Å²) in [5, 5.41) is 20.4. The molecule has 138 valence electrons. The largest absolute Gasteiger partial charge is 0.504 e. The summed E-state index contributed by atoms with van der Waals surface area (Å²) in [7, 11) is 1.62. The molecule has 0 amide bonds. The van der Waals surface area contributed by atoms with Crippen LogP contribution in [0.3, 0.4) is 0 Å². The Bertz CT molecular complexity index is 701. The monoisotopic (exact) mass is 344 g/mol. The van der Waals surface area contributed by atoms with Gasteiger partial charge in [-0.2, -0.15) is 0 Å². The zero-order valence-corrected chi connectivity index (χ0v) is 16.3. The summed E-state index contributed by atoms with van der Waals surface area (Å²) in [6.07, 6.45) is 6.77. The van der Waals surface area contributed by atoms with Crippen molar-refractivity contribution >= 4 is 0 Å². The normalized spacial score (nSPS) is 28.6. The maximum absolute atomic E-state index is 10.5. The van der Waals surface area contributed by atoms with E-state index in [1.165, 1.54) is 42.9 Å². The van der Waals surface area contributed by atoms with Crippen LogP contribution < -0.4 is 4.74 Å². The third kappa shape index (κ3) is 2.92. The van der Waals surface area contributed by atoms with Crippen molar-refractivity contribution in [2.75, 3.05) is 7.11 Å². The Kier molecular flexibility index (Phi) is 4.55. The maximum atomic E-state index is 10.5. The molecule has 1 saturated carbocycles. The Morgan fingerprint density at radius 3 is 2.56 bits per heavy atom. The van der Waals surface area contributed by atoms with Crippen LogP contribution in [0.25, 0.3) is 0 Å². The Morgan fingerprint density at radius 1 is 1.16 bits per heavy atom. The predicted molar refractivity (Wildman–Crippen MR) is 101 cm³/mol. The van der Waals surface area contributed by atoms with Gasteiger partial charge in [-0.1, -0.05) is 38.3 Å². The van der Waals surface area contributed by atoms with Crippen LogP contribution in [0.1, 0.15) is 65.4 Å². The van der Waals surface area contributed by atoms with E-state index in [1.807, 2.05) is 0 Å². The standard InChI is InChI=1S/C22H32O3/c1-14-7-10-19-21(2,3)11-6-12-22(19,4)16(14)13-15-18(25-5)9-8-17(23)20(15)24/h8-9,19,23-24H,6-7,10-13H2,1-5H3. The van der Waals surface area contributed by atoms with Crippen LogP contribution in [0.4, 0.5) is 0 Å². The number of fused-ring (bicyclic) bond motifs is 1. The molecule has 1 aromatic carbocycles. The molecule has 1 fully saturated rings. The molecule has 2 aliphatic rings. The van der Waals surface area contributed by atoms with E-state index in [1.54, 1.807) is 13.2 Å². The minimum atomic E-state index is -0.0736. The highest BCUT2D eigenvalue weighted by Crippen LogP contribution is 2.60. The van der Waals surface area contributed by atoms with Crippen molar-refractivity contribution in [3.8, 4) is 17.2 Å². The first-order valence-electron chi connectivity index (χ1n) is 9.47. The second-order valence-corrected chi connectivity index (χ2v) is 8.90. The van der Waals surface area contributed by atoms with Gasteiger partial charge in [0, 0.05) is 12.0 Å². The van der Waals surface area contributed by atoms with Crippen LogP contribution in [-0.2, 0) is 6.42 Å². The molecule has 0 aromatic heterocycles. The highest BCUT2D eigenvalue weighted by Gasteiger charge is 2.50. The van der Waals surface area contributed by atoms with Crippen LogP contribution in [-0.4, -0.2) is 17.3 Å². The molecule has 3 heteroatoms. The zero-order chi connectivity index (χ0) is 18.4. The number of allylic oxidation sites excluding steroid dienone is 2. The molecule has 0 aliphatic heterocycles. The van der Waals surface area contributed by atoms with Gasteiger partial charge in [0.2, 0.25) is 0 Å². The predicted octanol–water partition coefficient (Wildman–Crippen LogP) is 5.59. The van der Waals surface area contributed by atoms with Crippen molar-refractivity contribution in [2.24, 2.45) is 16.7 Å². The second kappa shape index (κ2) is 6.26. The molecule has 2 atom stereocenters. The number of methoxy groups -OCH3 is 1. The molecule has 3 nitrogen and oxygen atoms in total. The second-order valence-electron chi connectivity index (χ2n) is 8.90. The van der Waals surface area contributed by atoms with E-state index in [9.17, 15) is 10.2 Å². The molecule has 0 bridgehead atoms. The highest BCUT2D eigenvalue weighted by atomic mass is 16.5. The molecule has 2 unspecified atom stereocenters. The molecular weight excluding hydrogens is 312 g/mol. The van der Waals surface area contributed by atoms with E-state index in [4.69, 9.17) is 4.74 Å². The average Bonchev–Trinajstić information content (AvgIpc) is 2.54. The Morgan fingerprint density at radius 2 is 1.88 bits per heavy atom. The number of rotatable bonds is 3. The lowest BCUT2D eigenvalue weighted by Gasteiger charge is -2.55. The van der Waals surface area contributed by atoms with Crippen molar-refractivity contribution in [2.45, 2.75) is 66.2 Å². The van der Waals surface area contributed by atoms with Gasteiger partial charge < -0.3 is 14.9 Å². The fraction of sp³-hybridized carbons (Fsp3) is 0.636. The van der Waals surface area contributed by atoms with Crippen LogP contribution in [0.5, 0.6) is 17.2 Å². The molecule has 2 aliphatic carbocycles. The topological polar surface area (TPSA) is 49.7 Å². The zero-order valence-electron chi connectivity index (χ0n) is 16.3. The Hall–Kier alpha value is -1.64. The molecule has 0 radical (unpaired) electrons. The van der Waals surface area contributed by atoms with Crippen molar-refractivity contribution in [1.82, 2.24) is 0 Å².